The van der Waals surface area contributed by atoms with Crippen molar-refractivity contribution in [3.8, 4) is 0 Å². The van der Waals surface area contributed by atoms with E-state index in [9.17, 15) is 4.79 Å². The van der Waals surface area contributed by atoms with Crippen LogP contribution in [0.25, 0.3) is 0 Å². The lowest BCUT2D eigenvalue weighted by Gasteiger charge is -2.09. The number of carbonyl (C=O) groups excluding carboxylic acids is 1. The Morgan fingerprint density at radius 2 is 2.08 bits per heavy atom. The van der Waals surface area contributed by atoms with Crippen LogP contribution in [0.15, 0.2) is 0 Å². The number of carbonyl (C=O) groups is 1. The van der Waals surface area contributed by atoms with Crippen molar-refractivity contribution in [2.45, 2.75) is 46.0 Å². The molecule has 0 aliphatic rings. The highest BCUT2D eigenvalue weighted by Crippen LogP contribution is 2.14. The zero-order valence-electron chi connectivity index (χ0n) is 7.88. The van der Waals surface area contributed by atoms with E-state index in [1.54, 1.807) is 0 Å². The fourth-order valence-electron chi connectivity index (χ4n) is 1.20. The van der Waals surface area contributed by atoms with Crippen molar-refractivity contribution in [3.05, 3.63) is 0 Å². The highest BCUT2D eigenvalue weighted by atomic mass is 17.1. The minimum Gasteiger partial charge on any atom is -0.301 e. The van der Waals surface area contributed by atoms with Gasteiger partial charge >= 0.3 is 5.97 Å². The van der Waals surface area contributed by atoms with E-state index in [0.29, 0.717) is 0 Å². The first-order chi connectivity index (χ1) is 5.76. The van der Waals surface area contributed by atoms with Crippen LogP contribution in [0, 0.1) is 5.92 Å². The summed E-state index contributed by atoms with van der Waals surface area (Å²) in [5.74, 6) is -0.616. The van der Waals surface area contributed by atoms with Crippen molar-refractivity contribution < 1.29 is 14.9 Å². The SMILES string of the molecule is CCCCCC(CC)C(=O)OO. The second-order valence-corrected chi connectivity index (χ2v) is 3.01. The predicted octanol–water partition coefficient (Wildman–Crippen LogP) is 2.61. The second kappa shape index (κ2) is 7.10. The molecular formula is C9H18O3. The van der Waals surface area contributed by atoms with Crippen LogP contribution in [0.1, 0.15) is 46.0 Å². The summed E-state index contributed by atoms with van der Waals surface area (Å²) in [6.45, 7) is 4.04. The molecule has 72 valence electrons. The maximum atomic E-state index is 10.9. The molecule has 3 nitrogen and oxygen atoms in total. The van der Waals surface area contributed by atoms with Gasteiger partial charge in [-0.2, -0.15) is 5.26 Å². The van der Waals surface area contributed by atoms with Gasteiger partial charge in [0.15, 0.2) is 0 Å². The molecule has 0 aliphatic carbocycles. The first-order valence-electron chi connectivity index (χ1n) is 4.61. The minimum atomic E-state index is -0.492. The van der Waals surface area contributed by atoms with Crippen LogP contribution in [0.3, 0.4) is 0 Å². The molecule has 0 aromatic carbocycles. The summed E-state index contributed by atoms with van der Waals surface area (Å²) < 4.78 is 0. The zero-order valence-corrected chi connectivity index (χ0v) is 7.88. The van der Waals surface area contributed by atoms with Crippen molar-refractivity contribution in [1.82, 2.24) is 0 Å². The van der Waals surface area contributed by atoms with Crippen LogP contribution in [0.2, 0.25) is 0 Å². The number of hydrogen-bond acceptors (Lipinski definition) is 3. The van der Waals surface area contributed by atoms with E-state index in [-0.39, 0.29) is 5.92 Å². The van der Waals surface area contributed by atoms with E-state index in [1.807, 2.05) is 6.92 Å². The lowest BCUT2D eigenvalue weighted by molar-refractivity contribution is -0.239. The Balaban J connectivity index is 3.60. The molecule has 0 aliphatic heterocycles. The smallest absolute Gasteiger partial charge is 0.301 e. The van der Waals surface area contributed by atoms with Gasteiger partial charge < -0.3 is 4.89 Å². The second-order valence-electron chi connectivity index (χ2n) is 3.01. The van der Waals surface area contributed by atoms with E-state index in [1.165, 1.54) is 0 Å². The predicted molar refractivity (Wildman–Crippen MR) is 46.6 cm³/mol. The molecule has 0 saturated carbocycles. The summed E-state index contributed by atoms with van der Waals surface area (Å²) >= 11 is 0. The molecule has 0 fully saturated rings. The Labute approximate surface area is 73.7 Å². The van der Waals surface area contributed by atoms with Gasteiger partial charge in [0.2, 0.25) is 0 Å². The van der Waals surface area contributed by atoms with Gasteiger partial charge in [-0.15, -0.1) is 0 Å². The third-order valence-corrected chi connectivity index (χ3v) is 2.07. The van der Waals surface area contributed by atoms with Crippen molar-refractivity contribution in [2.24, 2.45) is 5.92 Å². The molecule has 1 atom stereocenters. The molecule has 0 aromatic rings. The van der Waals surface area contributed by atoms with Gasteiger partial charge in [0.05, 0.1) is 5.92 Å². The van der Waals surface area contributed by atoms with E-state index < -0.39 is 5.97 Å². The summed E-state index contributed by atoms with van der Waals surface area (Å²) in [4.78, 5) is 14.6. The van der Waals surface area contributed by atoms with Crippen LogP contribution >= 0.6 is 0 Å². The van der Waals surface area contributed by atoms with Gasteiger partial charge in [-0.25, -0.2) is 4.79 Å². The van der Waals surface area contributed by atoms with Crippen LogP contribution in [0.4, 0.5) is 0 Å². The highest BCUT2D eigenvalue weighted by Gasteiger charge is 2.17. The average Bonchev–Trinajstić information content (AvgIpc) is 2.11. The van der Waals surface area contributed by atoms with Gasteiger partial charge in [-0.1, -0.05) is 33.1 Å². The van der Waals surface area contributed by atoms with Gasteiger partial charge in [0.25, 0.3) is 0 Å². The summed E-state index contributed by atoms with van der Waals surface area (Å²) in [6, 6.07) is 0. The summed E-state index contributed by atoms with van der Waals surface area (Å²) in [5, 5.41) is 8.14. The first kappa shape index (κ1) is 11.4. The Morgan fingerprint density at radius 1 is 1.42 bits per heavy atom. The maximum absolute atomic E-state index is 10.9. The molecule has 0 aromatic heterocycles. The summed E-state index contributed by atoms with van der Waals surface area (Å²) in [6.07, 6.45) is 4.87. The number of unbranched alkanes of at least 4 members (excludes halogenated alkanes) is 2. The molecule has 0 heterocycles. The lowest BCUT2D eigenvalue weighted by atomic mass is 9.99. The van der Waals surface area contributed by atoms with Gasteiger partial charge in [0.1, 0.15) is 0 Å². The van der Waals surface area contributed by atoms with Crippen molar-refractivity contribution in [3.63, 3.8) is 0 Å². The third kappa shape index (κ3) is 4.34. The topological polar surface area (TPSA) is 46.5 Å². The standard InChI is InChI=1S/C9H18O3/c1-3-5-6-7-8(4-2)9(10)12-11/h8,11H,3-7H2,1-2H3. The fourth-order valence-corrected chi connectivity index (χ4v) is 1.20. The van der Waals surface area contributed by atoms with Crippen LogP contribution in [-0.2, 0) is 9.68 Å². The molecule has 0 radical (unpaired) electrons. The van der Waals surface area contributed by atoms with E-state index >= 15 is 0 Å². The average molecular weight is 174 g/mol. The van der Waals surface area contributed by atoms with Crippen LogP contribution in [0.5, 0.6) is 0 Å². The highest BCUT2D eigenvalue weighted by molar-refractivity contribution is 5.71. The quantitative estimate of drug-likeness (QED) is 0.382. The molecule has 0 saturated heterocycles. The summed E-state index contributed by atoms with van der Waals surface area (Å²) in [5.41, 5.74) is 0. The normalized spacial score (nSPS) is 12.6. The molecule has 1 unspecified atom stereocenters. The van der Waals surface area contributed by atoms with Crippen LogP contribution < -0.4 is 0 Å². The van der Waals surface area contributed by atoms with Crippen molar-refractivity contribution in [1.29, 1.82) is 0 Å². The Morgan fingerprint density at radius 3 is 2.50 bits per heavy atom. The van der Waals surface area contributed by atoms with Crippen LogP contribution in [-0.4, -0.2) is 11.2 Å². The Hall–Kier alpha value is -0.570. The first-order valence-corrected chi connectivity index (χ1v) is 4.61. The molecule has 12 heavy (non-hydrogen) atoms. The van der Waals surface area contributed by atoms with Crippen molar-refractivity contribution in [2.75, 3.05) is 0 Å². The Bertz CT molecular complexity index is 123. The molecule has 1 N–H and O–H groups in total. The van der Waals surface area contributed by atoms with E-state index in [0.717, 1.165) is 32.1 Å². The summed E-state index contributed by atoms with van der Waals surface area (Å²) in [7, 11) is 0. The monoisotopic (exact) mass is 174 g/mol. The molecule has 0 bridgehead atoms. The maximum Gasteiger partial charge on any atom is 0.345 e. The largest absolute Gasteiger partial charge is 0.345 e. The van der Waals surface area contributed by atoms with E-state index in [4.69, 9.17) is 5.26 Å². The minimum absolute atomic E-state index is 0.124. The zero-order chi connectivity index (χ0) is 9.40. The molecular weight excluding hydrogens is 156 g/mol. The van der Waals surface area contributed by atoms with Crippen molar-refractivity contribution >= 4 is 5.97 Å². The molecule has 0 spiro atoms. The van der Waals surface area contributed by atoms with Gasteiger partial charge in [-0.3, -0.25) is 0 Å². The molecule has 3 heteroatoms. The fraction of sp³-hybridized carbons (Fsp3) is 0.889. The molecule has 0 amide bonds. The number of rotatable bonds is 6. The van der Waals surface area contributed by atoms with Gasteiger partial charge in [0, 0.05) is 0 Å². The Kier molecular flexibility index (Phi) is 6.76. The molecule has 0 rings (SSSR count). The lowest BCUT2D eigenvalue weighted by Crippen LogP contribution is -2.15. The number of hydrogen-bond donors (Lipinski definition) is 1. The third-order valence-electron chi connectivity index (χ3n) is 2.07. The van der Waals surface area contributed by atoms with E-state index in [2.05, 4.69) is 11.8 Å². The van der Waals surface area contributed by atoms with Gasteiger partial charge in [-0.05, 0) is 12.8 Å².